The zero-order valence-electron chi connectivity index (χ0n) is 14.4. The van der Waals surface area contributed by atoms with Gasteiger partial charge in [0.05, 0.1) is 22.8 Å². The lowest BCUT2D eigenvalue weighted by atomic mass is 10.1. The summed E-state index contributed by atoms with van der Waals surface area (Å²) in [5.74, 6) is 0.563. The van der Waals surface area contributed by atoms with Crippen LogP contribution in [0.4, 0.5) is 5.13 Å². The Morgan fingerprint density at radius 3 is 2.82 bits per heavy atom. The number of nitrogens with zero attached hydrogens (tertiary/aromatic N) is 1. The summed E-state index contributed by atoms with van der Waals surface area (Å²) < 4.78 is 10.7. The number of benzene rings is 2. The molecule has 7 nitrogen and oxygen atoms in total. The van der Waals surface area contributed by atoms with E-state index in [1.807, 2.05) is 23.6 Å². The van der Waals surface area contributed by atoms with E-state index < -0.39 is 5.91 Å². The maximum Gasteiger partial charge on any atom is 0.253 e. The molecule has 0 atom stereocenters. The topological polar surface area (TPSA) is 89.6 Å². The van der Waals surface area contributed by atoms with Crippen LogP contribution in [-0.4, -0.2) is 30.1 Å². The minimum absolute atomic E-state index is 0.191. The van der Waals surface area contributed by atoms with Crippen molar-refractivity contribution < 1.29 is 19.1 Å². The highest BCUT2D eigenvalue weighted by Gasteiger charge is 2.16. The number of carbonyl (C=O) groups excluding carboxylic acids is 2. The van der Waals surface area contributed by atoms with Gasteiger partial charge in [-0.1, -0.05) is 23.7 Å². The van der Waals surface area contributed by atoms with E-state index in [9.17, 15) is 9.59 Å². The van der Waals surface area contributed by atoms with Gasteiger partial charge in [-0.25, -0.2) is 4.98 Å². The van der Waals surface area contributed by atoms with Crippen molar-refractivity contribution in [3.8, 4) is 22.8 Å². The van der Waals surface area contributed by atoms with Crippen molar-refractivity contribution in [2.24, 2.45) is 0 Å². The van der Waals surface area contributed by atoms with E-state index in [1.165, 1.54) is 11.3 Å². The minimum Gasteiger partial charge on any atom is -0.454 e. The number of rotatable bonds is 5. The lowest BCUT2D eigenvalue weighted by Crippen LogP contribution is -2.32. The SMILES string of the molecule is O=C(CNC(=O)c1ccccc1Cl)Nc1nc(-c2ccc3c(c2)OCO3)cs1. The summed E-state index contributed by atoms with van der Waals surface area (Å²) in [6.07, 6.45) is 0. The van der Waals surface area contributed by atoms with E-state index in [2.05, 4.69) is 15.6 Å². The van der Waals surface area contributed by atoms with Crippen LogP contribution < -0.4 is 20.1 Å². The molecule has 1 aliphatic rings. The van der Waals surface area contributed by atoms with Crippen LogP contribution in [0.5, 0.6) is 11.5 Å². The number of hydrogen-bond acceptors (Lipinski definition) is 6. The fourth-order valence-electron chi connectivity index (χ4n) is 2.58. The molecule has 0 spiro atoms. The van der Waals surface area contributed by atoms with E-state index in [-0.39, 0.29) is 19.2 Å². The highest BCUT2D eigenvalue weighted by atomic mass is 35.5. The molecule has 1 aliphatic heterocycles. The zero-order valence-corrected chi connectivity index (χ0v) is 16.0. The lowest BCUT2D eigenvalue weighted by molar-refractivity contribution is -0.115. The van der Waals surface area contributed by atoms with E-state index in [0.717, 1.165) is 5.56 Å². The van der Waals surface area contributed by atoms with Crippen molar-refractivity contribution in [2.75, 3.05) is 18.7 Å². The molecular weight excluding hydrogens is 402 g/mol. The van der Waals surface area contributed by atoms with Crippen LogP contribution in [0.2, 0.25) is 5.02 Å². The fourth-order valence-corrected chi connectivity index (χ4v) is 3.54. The molecule has 2 heterocycles. The van der Waals surface area contributed by atoms with Crippen molar-refractivity contribution in [1.29, 1.82) is 0 Å². The minimum atomic E-state index is -0.416. The molecule has 0 saturated heterocycles. The third-order valence-electron chi connectivity index (χ3n) is 3.95. The first-order chi connectivity index (χ1) is 13.6. The van der Waals surface area contributed by atoms with Crippen molar-refractivity contribution in [3.05, 3.63) is 58.4 Å². The molecule has 2 amide bonds. The Hall–Kier alpha value is -3.10. The first-order valence-electron chi connectivity index (χ1n) is 8.28. The molecule has 2 N–H and O–H groups in total. The molecule has 0 saturated carbocycles. The number of anilines is 1. The highest BCUT2D eigenvalue weighted by Crippen LogP contribution is 2.36. The average Bonchev–Trinajstić information content (AvgIpc) is 3.35. The summed E-state index contributed by atoms with van der Waals surface area (Å²) >= 11 is 7.26. The van der Waals surface area contributed by atoms with Gasteiger partial charge in [0.2, 0.25) is 12.7 Å². The van der Waals surface area contributed by atoms with Gasteiger partial charge in [-0.15, -0.1) is 11.3 Å². The molecule has 0 fully saturated rings. The Morgan fingerprint density at radius 2 is 1.96 bits per heavy atom. The molecule has 0 bridgehead atoms. The number of thiazole rings is 1. The van der Waals surface area contributed by atoms with Gasteiger partial charge >= 0.3 is 0 Å². The van der Waals surface area contributed by atoms with E-state index in [4.69, 9.17) is 21.1 Å². The Morgan fingerprint density at radius 1 is 1.14 bits per heavy atom. The van der Waals surface area contributed by atoms with Gasteiger partial charge in [0, 0.05) is 10.9 Å². The molecule has 9 heteroatoms. The number of hydrogen-bond donors (Lipinski definition) is 2. The number of fused-ring (bicyclic) bond motifs is 1. The quantitative estimate of drug-likeness (QED) is 0.665. The Kier molecular flexibility index (Phi) is 5.14. The fraction of sp³-hybridized carbons (Fsp3) is 0.105. The van der Waals surface area contributed by atoms with Crippen LogP contribution in [0, 0.1) is 0 Å². The summed E-state index contributed by atoms with van der Waals surface area (Å²) in [7, 11) is 0. The zero-order chi connectivity index (χ0) is 19.5. The third-order valence-corrected chi connectivity index (χ3v) is 5.03. The van der Waals surface area contributed by atoms with Crippen LogP contribution in [0.15, 0.2) is 47.8 Å². The van der Waals surface area contributed by atoms with Gasteiger partial charge in [0.15, 0.2) is 16.6 Å². The van der Waals surface area contributed by atoms with Gasteiger partial charge in [0.25, 0.3) is 5.91 Å². The van der Waals surface area contributed by atoms with Gasteiger partial charge < -0.3 is 20.1 Å². The summed E-state index contributed by atoms with van der Waals surface area (Å²) in [5, 5.41) is 7.80. The number of nitrogens with one attached hydrogen (secondary N) is 2. The molecule has 2 aromatic carbocycles. The predicted molar refractivity (Wildman–Crippen MR) is 106 cm³/mol. The summed E-state index contributed by atoms with van der Waals surface area (Å²) in [5.41, 5.74) is 1.88. The van der Waals surface area contributed by atoms with Crippen LogP contribution in [0.1, 0.15) is 10.4 Å². The molecule has 0 unspecified atom stereocenters. The van der Waals surface area contributed by atoms with E-state index in [1.54, 1.807) is 24.3 Å². The molecule has 28 heavy (non-hydrogen) atoms. The molecule has 0 radical (unpaired) electrons. The summed E-state index contributed by atoms with van der Waals surface area (Å²) in [6, 6.07) is 12.2. The summed E-state index contributed by atoms with van der Waals surface area (Å²) in [4.78, 5) is 28.6. The van der Waals surface area contributed by atoms with Crippen molar-refractivity contribution >= 4 is 39.9 Å². The van der Waals surface area contributed by atoms with Gasteiger partial charge in [-0.3, -0.25) is 9.59 Å². The smallest absolute Gasteiger partial charge is 0.253 e. The first kappa shape index (κ1) is 18.3. The third kappa shape index (κ3) is 3.92. The van der Waals surface area contributed by atoms with Crippen molar-refractivity contribution in [2.45, 2.75) is 0 Å². The van der Waals surface area contributed by atoms with Crippen LogP contribution in [0.25, 0.3) is 11.3 Å². The van der Waals surface area contributed by atoms with Crippen LogP contribution >= 0.6 is 22.9 Å². The predicted octanol–water partition coefficient (Wildman–Crippen LogP) is 3.56. The number of amides is 2. The number of carbonyl (C=O) groups is 2. The van der Waals surface area contributed by atoms with Gasteiger partial charge in [-0.2, -0.15) is 0 Å². The molecule has 0 aliphatic carbocycles. The maximum atomic E-state index is 12.1. The summed E-state index contributed by atoms with van der Waals surface area (Å²) in [6.45, 7) is 0.0140. The average molecular weight is 416 g/mol. The monoisotopic (exact) mass is 415 g/mol. The van der Waals surface area contributed by atoms with Crippen LogP contribution in [-0.2, 0) is 4.79 Å². The Balaban J connectivity index is 1.35. The second-order valence-corrected chi connectivity index (χ2v) is 7.08. The molecule has 1 aromatic heterocycles. The number of halogens is 1. The number of ether oxygens (including phenoxy) is 2. The number of aromatic nitrogens is 1. The van der Waals surface area contributed by atoms with E-state index in [0.29, 0.717) is 32.9 Å². The largest absolute Gasteiger partial charge is 0.454 e. The molecule has 3 aromatic rings. The highest BCUT2D eigenvalue weighted by molar-refractivity contribution is 7.14. The van der Waals surface area contributed by atoms with E-state index >= 15 is 0 Å². The lowest BCUT2D eigenvalue weighted by Gasteiger charge is -2.06. The van der Waals surface area contributed by atoms with Crippen molar-refractivity contribution in [3.63, 3.8) is 0 Å². The molecule has 142 valence electrons. The second-order valence-electron chi connectivity index (χ2n) is 5.82. The first-order valence-corrected chi connectivity index (χ1v) is 9.54. The standard InChI is InChI=1S/C19H14ClN3O4S/c20-13-4-2-1-3-12(13)18(25)21-8-17(24)23-19-22-14(9-28-19)11-5-6-15-16(7-11)27-10-26-15/h1-7,9H,8,10H2,(H,21,25)(H,22,23,24). The van der Waals surface area contributed by atoms with Gasteiger partial charge in [0.1, 0.15) is 0 Å². The van der Waals surface area contributed by atoms with Gasteiger partial charge in [-0.05, 0) is 30.3 Å². The normalized spacial score (nSPS) is 11.9. The Bertz CT molecular complexity index is 1050. The Labute approximate surface area is 169 Å². The second kappa shape index (κ2) is 7.87. The van der Waals surface area contributed by atoms with Crippen LogP contribution in [0.3, 0.4) is 0 Å². The maximum absolute atomic E-state index is 12.1. The van der Waals surface area contributed by atoms with Crippen molar-refractivity contribution in [1.82, 2.24) is 10.3 Å². The molecule has 4 rings (SSSR count). The molecular formula is C19H14ClN3O4S.